The van der Waals surface area contributed by atoms with Gasteiger partial charge in [0.15, 0.2) is 5.82 Å². The van der Waals surface area contributed by atoms with E-state index < -0.39 is 5.97 Å². The van der Waals surface area contributed by atoms with Gasteiger partial charge in [0, 0.05) is 5.56 Å². The zero-order valence-corrected chi connectivity index (χ0v) is 12.0. The Morgan fingerprint density at radius 1 is 1.18 bits per heavy atom. The highest BCUT2D eigenvalue weighted by atomic mass is 16.4. The summed E-state index contributed by atoms with van der Waals surface area (Å²) < 4.78 is 1.66. The summed E-state index contributed by atoms with van der Waals surface area (Å²) in [4.78, 5) is 11.0. The highest BCUT2D eigenvalue weighted by molar-refractivity contribution is 5.87. The Kier molecular flexibility index (Phi) is 3.65. The van der Waals surface area contributed by atoms with Gasteiger partial charge in [-0.1, -0.05) is 35.9 Å². The molecule has 0 aliphatic heterocycles. The molecule has 0 amide bonds. The van der Waals surface area contributed by atoms with Crippen molar-refractivity contribution >= 4 is 5.97 Å². The summed E-state index contributed by atoms with van der Waals surface area (Å²) in [5.74, 6) is -0.290. The number of aromatic carboxylic acids is 1. The van der Waals surface area contributed by atoms with Crippen LogP contribution in [0.15, 0.2) is 48.5 Å². The van der Waals surface area contributed by atoms with Gasteiger partial charge in [-0.05, 0) is 41.1 Å². The molecular formula is C16H14N4O2. The predicted molar refractivity (Wildman–Crippen MR) is 80.5 cm³/mol. The molecule has 0 aliphatic carbocycles. The molecule has 3 aromatic rings. The number of benzene rings is 2. The van der Waals surface area contributed by atoms with Crippen LogP contribution in [-0.2, 0) is 6.54 Å². The number of carbonyl (C=O) groups is 1. The Morgan fingerprint density at radius 3 is 2.77 bits per heavy atom. The average Bonchev–Trinajstić information content (AvgIpc) is 2.95. The smallest absolute Gasteiger partial charge is 0.335 e. The van der Waals surface area contributed by atoms with E-state index in [9.17, 15) is 4.79 Å². The Morgan fingerprint density at radius 2 is 2.00 bits per heavy atom. The maximum atomic E-state index is 11.0. The molecule has 3 rings (SSSR count). The van der Waals surface area contributed by atoms with E-state index in [1.54, 1.807) is 22.9 Å². The van der Waals surface area contributed by atoms with Crippen molar-refractivity contribution in [2.24, 2.45) is 0 Å². The van der Waals surface area contributed by atoms with E-state index in [1.807, 2.05) is 37.3 Å². The first-order valence-corrected chi connectivity index (χ1v) is 6.79. The second kappa shape index (κ2) is 5.77. The number of rotatable bonds is 4. The molecular weight excluding hydrogens is 280 g/mol. The third-order valence-electron chi connectivity index (χ3n) is 3.31. The number of carboxylic acid groups (broad SMARTS) is 1. The van der Waals surface area contributed by atoms with Gasteiger partial charge in [0.25, 0.3) is 0 Å². The molecule has 1 N–H and O–H groups in total. The van der Waals surface area contributed by atoms with E-state index in [0.717, 1.165) is 16.7 Å². The quantitative estimate of drug-likeness (QED) is 0.799. The van der Waals surface area contributed by atoms with E-state index in [2.05, 4.69) is 15.5 Å². The Bertz CT molecular complexity index is 826. The van der Waals surface area contributed by atoms with Gasteiger partial charge in [0.05, 0.1) is 12.1 Å². The number of aromatic nitrogens is 4. The first kappa shape index (κ1) is 13.9. The van der Waals surface area contributed by atoms with Crippen molar-refractivity contribution in [2.75, 3.05) is 0 Å². The molecule has 1 heterocycles. The van der Waals surface area contributed by atoms with Gasteiger partial charge in [-0.15, -0.1) is 5.10 Å². The topological polar surface area (TPSA) is 80.9 Å². The van der Waals surface area contributed by atoms with Gasteiger partial charge in [-0.2, -0.15) is 0 Å². The Hall–Kier alpha value is -3.02. The molecule has 22 heavy (non-hydrogen) atoms. The zero-order valence-electron chi connectivity index (χ0n) is 12.0. The van der Waals surface area contributed by atoms with Gasteiger partial charge >= 0.3 is 5.97 Å². The summed E-state index contributed by atoms with van der Waals surface area (Å²) in [5, 5.41) is 20.8. The number of carboxylic acids is 1. The SMILES string of the molecule is Cc1cccc(-c2nnnn2Cc2cccc(C(=O)O)c2)c1. The highest BCUT2D eigenvalue weighted by Crippen LogP contribution is 2.18. The normalized spacial score (nSPS) is 10.6. The highest BCUT2D eigenvalue weighted by Gasteiger charge is 2.10. The minimum absolute atomic E-state index is 0.252. The summed E-state index contributed by atoms with van der Waals surface area (Å²) in [5.41, 5.74) is 3.14. The molecule has 0 aliphatic rings. The third-order valence-corrected chi connectivity index (χ3v) is 3.31. The zero-order chi connectivity index (χ0) is 15.5. The maximum absolute atomic E-state index is 11.0. The molecule has 0 saturated carbocycles. The fraction of sp³-hybridized carbons (Fsp3) is 0.125. The predicted octanol–water partition coefficient (Wildman–Crippen LogP) is 2.40. The fourth-order valence-electron chi connectivity index (χ4n) is 2.28. The van der Waals surface area contributed by atoms with E-state index >= 15 is 0 Å². The number of hydrogen-bond acceptors (Lipinski definition) is 4. The van der Waals surface area contributed by atoms with Crippen molar-refractivity contribution in [3.8, 4) is 11.4 Å². The minimum Gasteiger partial charge on any atom is -0.478 e. The van der Waals surface area contributed by atoms with Crippen LogP contribution in [0, 0.1) is 6.92 Å². The first-order chi connectivity index (χ1) is 10.6. The molecule has 0 bridgehead atoms. The van der Waals surface area contributed by atoms with Crippen LogP contribution in [0.5, 0.6) is 0 Å². The van der Waals surface area contributed by atoms with E-state index in [0.29, 0.717) is 12.4 Å². The summed E-state index contributed by atoms with van der Waals surface area (Å²) in [6.07, 6.45) is 0. The van der Waals surface area contributed by atoms with E-state index in [1.165, 1.54) is 0 Å². The standard InChI is InChI=1S/C16H14N4O2/c1-11-4-2-6-13(8-11)15-17-18-19-20(15)10-12-5-3-7-14(9-12)16(21)22/h2-9H,10H2,1H3,(H,21,22). The van der Waals surface area contributed by atoms with Crippen LogP contribution >= 0.6 is 0 Å². The van der Waals surface area contributed by atoms with Crippen LogP contribution in [0.1, 0.15) is 21.5 Å². The molecule has 0 unspecified atom stereocenters. The van der Waals surface area contributed by atoms with Gasteiger partial charge in [0.1, 0.15) is 0 Å². The van der Waals surface area contributed by atoms with Crippen molar-refractivity contribution in [3.05, 3.63) is 65.2 Å². The number of tetrazole rings is 1. The fourth-order valence-corrected chi connectivity index (χ4v) is 2.28. The van der Waals surface area contributed by atoms with Crippen LogP contribution in [-0.4, -0.2) is 31.3 Å². The molecule has 0 fully saturated rings. The average molecular weight is 294 g/mol. The van der Waals surface area contributed by atoms with Crippen molar-refractivity contribution in [1.82, 2.24) is 20.2 Å². The van der Waals surface area contributed by atoms with Crippen molar-refractivity contribution in [1.29, 1.82) is 0 Å². The van der Waals surface area contributed by atoms with Crippen molar-refractivity contribution in [3.63, 3.8) is 0 Å². The van der Waals surface area contributed by atoms with E-state index in [-0.39, 0.29) is 5.56 Å². The Labute approximate surface area is 127 Å². The summed E-state index contributed by atoms with van der Waals surface area (Å²) in [6.45, 7) is 2.42. The molecule has 6 nitrogen and oxygen atoms in total. The lowest BCUT2D eigenvalue weighted by Gasteiger charge is -2.06. The summed E-state index contributed by atoms with van der Waals surface area (Å²) in [6, 6.07) is 14.7. The van der Waals surface area contributed by atoms with Crippen LogP contribution in [0.3, 0.4) is 0 Å². The molecule has 0 saturated heterocycles. The molecule has 6 heteroatoms. The van der Waals surface area contributed by atoms with Gasteiger partial charge in [-0.25, -0.2) is 9.48 Å². The van der Waals surface area contributed by atoms with Crippen LogP contribution in [0.2, 0.25) is 0 Å². The second-order valence-corrected chi connectivity index (χ2v) is 5.04. The Balaban J connectivity index is 1.93. The second-order valence-electron chi connectivity index (χ2n) is 5.04. The van der Waals surface area contributed by atoms with E-state index in [4.69, 9.17) is 5.11 Å². The summed E-state index contributed by atoms with van der Waals surface area (Å²) >= 11 is 0. The molecule has 110 valence electrons. The number of aryl methyl sites for hydroxylation is 1. The first-order valence-electron chi connectivity index (χ1n) is 6.79. The number of hydrogen-bond donors (Lipinski definition) is 1. The van der Waals surface area contributed by atoms with Gasteiger partial charge < -0.3 is 5.11 Å². The lowest BCUT2D eigenvalue weighted by Crippen LogP contribution is -2.06. The molecule has 0 radical (unpaired) electrons. The minimum atomic E-state index is -0.947. The van der Waals surface area contributed by atoms with Crippen LogP contribution < -0.4 is 0 Å². The lowest BCUT2D eigenvalue weighted by molar-refractivity contribution is 0.0696. The van der Waals surface area contributed by atoms with Gasteiger partial charge in [-0.3, -0.25) is 0 Å². The monoisotopic (exact) mass is 294 g/mol. The largest absolute Gasteiger partial charge is 0.478 e. The maximum Gasteiger partial charge on any atom is 0.335 e. The molecule has 0 atom stereocenters. The van der Waals surface area contributed by atoms with Crippen LogP contribution in [0.4, 0.5) is 0 Å². The van der Waals surface area contributed by atoms with Gasteiger partial charge in [0.2, 0.25) is 0 Å². The van der Waals surface area contributed by atoms with Crippen LogP contribution in [0.25, 0.3) is 11.4 Å². The third kappa shape index (κ3) is 2.85. The molecule has 0 spiro atoms. The molecule has 1 aromatic heterocycles. The van der Waals surface area contributed by atoms with Crippen molar-refractivity contribution in [2.45, 2.75) is 13.5 Å². The number of nitrogens with zero attached hydrogens (tertiary/aromatic N) is 4. The lowest BCUT2D eigenvalue weighted by atomic mass is 10.1. The van der Waals surface area contributed by atoms with Crippen molar-refractivity contribution < 1.29 is 9.90 Å². The summed E-state index contributed by atoms with van der Waals surface area (Å²) in [7, 11) is 0. The molecule has 2 aromatic carbocycles.